The maximum absolute atomic E-state index is 9.06. The van der Waals surface area contributed by atoms with Crippen LogP contribution in [0.2, 0.25) is 0 Å². The maximum Gasteiger partial charge on any atom is 0.163 e. The fraction of sp³-hybridized carbons (Fsp3) is 0. The molecule has 0 atom stereocenters. The van der Waals surface area contributed by atoms with Gasteiger partial charge >= 0.3 is 0 Å². The number of rotatable bonds is 3. The number of nitrogens with zero attached hydrogens (tertiary/aromatic N) is 5. The predicted octanol–water partition coefficient (Wildman–Crippen LogP) is 3.26. The fourth-order valence-electron chi connectivity index (χ4n) is 2.30. The lowest BCUT2D eigenvalue weighted by Crippen LogP contribution is -2.01. The molecule has 0 fully saturated rings. The number of hydrogen-bond acceptors (Lipinski definition) is 5. The normalized spacial score (nSPS) is 9.54. The molecule has 0 amide bonds. The first kappa shape index (κ1) is 14.8. The number of benzene rings is 2. The first-order valence-corrected chi connectivity index (χ1v) is 7.01. The third-order valence-corrected chi connectivity index (χ3v) is 3.45. The Bertz CT molecular complexity index is 1040. The first-order valence-electron chi connectivity index (χ1n) is 7.01. The summed E-state index contributed by atoms with van der Waals surface area (Å²) in [5.74, 6) is 0. The Kier molecular flexibility index (Phi) is 3.93. The van der Waals surface area contributed by atoms with Gasteiger partial charge in [-0.1, -0.05) is 12.1 Å². The SMILES string of the molecule is N#CC(C#N)=C(C#N)Nc1ccc(-n2cnc3ccccc32)cc1. The summed E-state index contributed by atoms with van der Waals surface area (Å²) in [6.45, 7) is 0. The van der Waals surface area contributed by atoms with E-state index in [0.717, 1.165) is 16.7 Å². The van der Waals surface area contributed by atoms with Crippen LogP contribution in [0.25, 0.3) is 16.7 Å². The number of hydrogen-bond donors (Lipinski definition) is 1. The zero-order chi connectivity index (χ0) is 16.9. The molecule has 0 aliphatic heterocycles. The number of fused-ring (bicyclic) bond motifs is 1. The standard InChI is InChI=1S/C18H10N6/c19-9-13(10-20)17(11-21)23-14-5-7-15(8-6-14)24-12-22-16-3-1-2-4-18(16)24/h1-8,12,23H. The van der Waals surface area contributed by atoms with Crippen LogP contribution >= 0.6 is 0 Å². The molecular formula is C18H10N6. The van der Waals surface area contributed by atoms with Crippen molar-refractivity contribution in [1.82, 2.24) is 9.55 Å². The summed E-state index contributed by atoms with van der Waals surface area (Å²) in [5, 5.41) is 29.5. The lowest BCUT2D eigenvalue weighted by atomic mass is 10.2. The molecule has 6 nitrogen and oxygen atoms in total. The predicted molar refractivity (Wildman–Crippen MR) is 88.6 cm³/mol. The Hall–Kier alpha value is -4.08. The lowest BCUT2D eigenvalue weighted by molar-refractivity contribution is 1.09. The van der Waals surface area contributed by atoms with Crippen LogP contribution < -0.4 is 5.32 Å². The molecule has 2 aromatic carbocycles. The number of nitrogens with one attached hydrogen (secondary N) is 1. The van der Waals surface area contributed by atoms with Gasteiger partial charge in [0.2, 0.25) is 0 Å². The Balaban J connectivity index is 1.92. The van der Waals surface area contributed by atoms with E-state index in [1.807, 2.05) is 47.0 Å². The van der Waals surface area contributed by atoms with E-state index in [1.165, 1.54) is 0 Å². The number of imidazole rings is 1. The number of allylic oxidation sites excluding steroid dienone is 2. The molecule has 0 radical (unpaired) electrons. The molecule has 24 heavy (non-hydrogen) atoms. The van der Waals surface area contributed by atoms with Crippen molar-refractivity contribution in [3.63, 3.8) is 0 Å². The number of nitriles is 3. The van der Waals surface area contributed by atoms with Crippen LogP contribution in [0.3, 0.4) is 0 Å². The molecule has 3 rings (SSSR count). The Labute approximate surface area is 138 Å². The highest BCUT2D eigenvalue weighted by molar-refractivity contribution is 5.77. The average molecular weight is 310 g/mol. The fourth-order valence-corrected chi connectivity index (χ4v) is 2.30. The van der Waals surface area contributed by atoms with Crippen molar-refractivity contribution >= 4 is 16.7 Å². The highest BCUT2D eigenvalue weighted by Gasteiger charge is 2.07. The average Bonchev–Trinajstić information content (AvgIpc) is 3.06. The van der Waals surface area contributed by atoms with Gasteiger partial charge in [-0.25, -0.2) is 4.98 Å². The van der Waals surface area contributed by atoms with Crippen LogP contribution in [0.4, 0.5) is 5.69 Å². The van der Waals surface area contributed by atoms with Gasteiger partial charge in [-0.3, -0.25) is 4.57 Å². The Morgan fingerprint density at radius 2 is 1.62 bits per heavy atom. The molecule has 0 unspecified atom stereocenters. The van der Waals surface area contributed by atoms with E-state index in [1.54, 1.807) is 30.6 Å². The van der Waals surface area contributed by atoms with Crippen molar-refractivity contribution in [2.75, 3.05) is 5.32 Å². The zero-order valence-corrected chi connectivity index (χ0v) is 12.4. The summed E-state index contributed by atoms with van der Waals surface area (Å²) in [6.07, 6.45) is 1.75. The molecule has 0 aliphatic rings. The third kappa shape index (κ3) is 2.66. The zero-order valence-electron chi connectivity index (χ0n) is 12.4. The molecule has 112 valence electrons. The lowest BCUT2D eigenvalue weighted by Gasteiger charge is -2.08. The Morgan fingerprint density at radius 3 is 2.29 bits per heavy atom. The third-order valence-electron chi connectivity index (χ3n) is 3.45. The number of anilines is 1. The van der Waals surface area contributed by atoms with Crippen molar-refractivity contribution in [1.29, 1.82) is 15.8 Å². The van der Waals surface area contributed by atoms with Gasteiger partial charge < -0.3 is 5.32 Å². The second-order valence-electron chi connectivity index (χ2n) is 4.86. The molecule has 3 aromatic rings. The van der Waals surface area contributed by atoms with E-state index in [2.05, 4.69) is 10.3 Å². The van der Waals surface area contributed by atoms with E-state index in [-0.39, 0.29) is 11.3 Å². The monoisotopic (exact) mass is 310 g/mol. The molecule has 6 heteroatoms. The first-order chi connectivity index (χ1) is 11.8. The van der Waals surface area contributed by atoms with Crippen molar-refractivity contribution in [3.05, 3.63) is 66.1 Å². The minimum atomic E-state index is -0.248. The van der Waals surface area contributed by atoms with Gasteiger partial charge in [0.25, 0.3) is 0 Å². The summed E-state index contributed by atoms with van der Waals surface area (Å²) < 4.78 is 1.95. The van der Waals surface area contributed by atoms with Crippen molar-refractivity contribution in [2.45, 2.75) is 0 Å². The molecule has 0 saturated heterocycles. The van der Waals surface area contributed by atoms with Crippen LogP contribution in [0, 0.1) is 34.0 Å². The van der Waals surface area contributed by atoms with Crippen LogP contribution in [0.1, 0.15) is 0 Å². The summed E-state index contributed by atoms with van der Waals surface area (Å²) >= 11 is 0. The minimum Gasteiger partial charge on any atom is -0.345 e. The van der Waals surface area contributed by atoms with Crippen LogP contribution in [0.5, 0.6) is 0 Å². The summed E-state index contributed by atoms with van der Waals surface area (Å²) in [6, 6.07) is 20.3. The van der Waals surface area contributed by atoms with Gasteiger partial charge in [0.05, 0.1) is 11.0 Å². The van der Waals surface area contributed by atoms with Crippen molar-refractivity contribution in [3.8, 4) is 23.9 Å². The second-order valence-corrected chi connectivity index (χ2v) is 4.86. The number of aromatic nitrogens is 2. The number of para-hydroxylation sites is 2. The topological polar surface area (TPSA) is 101 Å². The van der Waals surface area contributed by atoms with Gasteiger partial charge in [-0.2, -0.15) is 15.8 Å². The van der Waals surface area contributed by atoms with Gasteiger partial charge in [-0.05, 0) is 36.4 Å². The summed E-state index contributed by atoms with van der Waals surface area (Å²) in [7, 11) is 0. The van der Waals surface area contributed by atoms with E-state index >= 15 is 0 Å². The molecule has 0 spiro atoms. The Morgan fingerprint density at radius 1 is 0.917 bits per heavy atom. The molecule has 0 aliphatic carbocycles. The van der Waals surface area contributed by atoms with Crippen LogP contribution in [-0.2, 0) is 0 Å². The van der Waals surface area contributed by atoms with Crippen LogP contribution in [-0.4, -0.2) is 9.55 Å². The molecule has 1 N–H and O–H groups in total. The molecule has 1 aromatic heterocycles. The van der Waals surface area contributed by atoms with Gasteiger partial charge in [-0.15, -0.1) is 0 Å². The smallest absolute Gasteiger partial charge is 0.163 e. The van der Waals surface area contributed by atoms with Gasteiger partial charge in [0, 0.05) is 11.4 Å². The summed E-state index contributed by atoms with van der Waals surface area (Å²) in [4.78, 5) is 4.35. The maximum atomic E-state index is 9.06. The molecule has 1 heterocycles. The van der Waals surface area contributed by atoms with E-state index in [9.17, 15) is 0 Å². The minimum absolute atomic E-state index is 0.0687. The van der Waals surface area contributed by atoms with Crippen LogP contribution in [0.15, 0.2) is 66.1 Å². The highest BCUT2D eigenvalue weighted by Crippen LogP contribution is 2.20. The molecule has 0 bridgehead atoms. The largest absolute Gasteiger partial charge is 0.345 e. The van der Waals surface area contributed by atoms with Crippen molar-refractivity contribution in [2.24, 2.45) is 0 Å². The van der Waals surface area contributed by atoms with Crippen molar-refractivity contribution < 1.29 is 0 Å². The highest BCUT2D eigenvalue weighted by atomic mass is 15.0. The van der Waals surface area contributed by atoms with Gasteiger partial charge in [0.1, 0.15) is 30.2 Å². The summed E-state index contributed by atoms with van der Waals surface area (Å²) in [5.41, 5.74) is 3.11. The van der Waals surface area contributed by atoms with E-state index in [0.29, 0.717) is 5.69 Å². The quantitative estimate of drug-likeness (QED) is 0.748. The molecular weight excluding hydrogens is 300 g/mol. The van der Waals surface area contributed by atoms with Gasteiger partial charge in [0.15, 0.2) is 5.57 Å². The van der Waals surface area contributed by atoms with E-state index < -0.39 is 0 Å². The van der Waals surface area contributed by atoms with E-state index in [4.69, 9.17) is 15.8 Å². The molecule has 0 saturated carbocycles. The second kappa shape index (κ2) is 6.36.